The van der Waals surface area contributed by atoms with Crippen molar-refractivity contribution < 1.29 is 9.59 Å². The molecule has 5 heteroatoms. The quantitative estimate of drug-likeness (QED) is 0.941. The van der Waals surface area contributed by atoms with Crippen LogP contribution in [0.4, 0.5) is 5.69 Å². The first-order valence-corrected chi connectivity index (χ1v) is 8.27. The number of nitrogens with one attached hydrogen (secondary N) is 1. The molecule has 2 aromatic rings. The van der Waals surface area contributed by atoms with Gasteiger partial charge in [-0.1, -0.05) is 25.1 Å². The van der Waals surface area contributed by atoms with Gasteiger partial charge >= 0.3 is 0 Å². The molecule has 2 heterocycles. The van der Waals surface area contributed by atoms with Crippen LogP contribution in [0.15, 0.2) is 42.6 Å². The Labute approximate surface area is 141 Å². The standard InChI is InChI=1S/C19H21N3O2/c1-3-13(2)21-18(23)15-8-10-20-16(12-15)19(24)22-11-9-14-6-4-5-7-17(14)22/h4-8,10,12-13H,3,9,11H2,1-2H3,(H,21,23). The smallest absolute Gasteiger partial charge is 0.276 e. The zero-order valence-corrected chi connectivity index (χ0v) is 14.0. The fourth-order valence-electron chi connectivity index (χ4n) is 2.79. The van der Waals surface area contributed by atoms with Crippen molar-refractivity contribution >= 4 is 17.5 Å². The summed E-state index contributed by atoms with van der Waals surface area (Å²) in [5.74, 6) is -0.347. The van der Waals surface area contributed by atoms with Crippen LogP contribution in [0.2, 0.25) is 0 Å². The summed E-state index contributed by atoms with van der Waals surface area (Å²) in [4.78, 5) is 30.9. The fraction of sp³-hybridized carbons (Fsp3) is 0.316. The molecule has 0 radical (unpaired) electrons. The van der Waals surface area contributed by atoms with Gasteiger partial charge in [0.05, 0.1) is 0 Å². The van der Waals surface area contributed by atoms with E-state index in [1.807, 2.05) is 38.1 Å². The van der Waals surface area contributed by atoms with Gasteiger partial charge in [0.15, 0.2) is 0 Å². The highest BCUT2D eigenvalue weighted by molar-refractivity contribution is 6.07. The summed E-state index contributed by atoms with van der Waals surface area (Å²) < 4.78 is 0. The van der Waals surface area contributed by atoms with E-state index in [0.717, 1.165) is 24.1 Å². The molecule has 1 N–H and O–H groups in total. The Balaban J connectivity index is 1.82. The lowest BCUT2D eigenvalue weighted by Gasteiger charge is -2.17. The lowest BCUT2D eigenvalue weighted by atomic mass is 10.1. The minimum atomic E-state index is -0.178. The molecule has 0 saturated heterocycles. The number of amides is 2. The van der Waals surface area contributed by atoms with Crippen molar-refractivity contribution in [2.75, 3.05) is 11.4 Å². The van der Waals surface area contributed by atoms with Gasteiger partial charge in [0.1, 0.15) is 5.69 Å². The van der Waals surface area contributed by atoms with Crippen molar-refractivity contribution in [2.45, 2.75) is 32.7 Å². The van der Waals surface area contributed by atoms with Crippen molar-refractivity contribution in [1.82, 2.24) is 10.3 Å². The van der Waals surface area contributed by atoms with E-state index in [4.69, 9.17) is 0 Å². The third kappa shape index (κ3) is 3.15. The predicted molar refractivity (Wildman–Crippen MR) is 93.3 cm³/mol. The van der Waals surface area contributed by atoms with E-state index in [1.54, 1.807) is 17.0 Å². The van der Waals surface area contributed by atoms with Crippen molar-refractivity contribution in [3.8, 4) is 0 Å². The topological polar surface area (TPSA) is 62.3 Å². The van der Waals surface area contributed by atoms with E-state index in [1.165, 1.54) is 6.20 Å². The highest BCUT2D eigenvalue weighted by Gasteiger charge is 2.26. The Morgan fingerprint density at radius 2 is 2.08 bits per heavy atom. The van der Waals surface area contributed by atoms with Gasteiger partial charge in [-0.25, -0.2) is 0 Å². The van der Waals surface area contributed by atoms with Crippen molar-refractivity contribution in [2.24, 2.45) is 0 Å². The number of pyridine rings is 1. The zero-order valence-electron chi connectivity index (χ0n) is 14.0. The molecule has 0 spiro atoms. The predicted octanol–water partition coefficient (Wildman–Crippen LogP) is 2.81. The number of benzene rings is 1. The van der Waals surface area contributed by atoms with Crippen LogP contribution >= 0.6 is 0 Å². The molecule has 1 aliphatic rings. The third-order valence-corrected chi connectivity index (χ3v) is 4.36. The van der Waals surface area contributed by atoms with Gasteiger partial charge in [0.25, 0.3) is 11.8 Å². The number of carbonyl (C=O) groups is 2. The Morgan fingerprint density at radius 3 is 2.88 bits per heavy atom. The molecule has 0 bridgehead atoms. The number of nitrogens with zero attached hydrogens (tertiary/aromatic N) is 2. The van der Waals surface area contributed by atoms with Crippen LogP contribution in [0, 0.1) is 0 Å². The van der Waals surface area contributed by atoms with Crippen LogP contribution in [-0.4, -0.2) is 29.4 Å². The van der Waals surface area contributed by atoms with E-state index >= 15 is 0 Å². The average molecular weight is 323 g/mol. The van der Waals surface area contributed by atoms with E-state index in [-0.39, 0.29) is 17.9 Å². The molecule has 0 aliphatic carbocycles. The maximum atomic E-state index is 12.8. The fourth-order valence-corrected chi connectivity index (χ4v) is 2.79. The molecular weight excluding hydrogens is 302 g/mol. The Bertz CT molecular complexity index is 773. The van der Waals surface area contributed by atoms with Crippen LogP contribution in [0.5, 0.6) is 0 Å². The van der Waals surface area contributed by atoms with Gasteiger partial charge in [-0.2, -0.15) is 0 Å². The summed E-state index contributed by atoms with van der Waals surface area (Å²) in [5.41, 5.74) is 2.85. The van der Waals surface area contributed by atoms with Crippen LogP contribution in [-0.2, 0) is 6.42 Å². The van der Waals surface area contributed by atoms with Crippen molar-refractivity contribution in [1.29, 1.82) is 0 Å². The SMILES string of the molecule is CCC(C)NC(=O)c1ccnc(C(=O)N2CCc3ccccc32)c1. The highest BCUT2D eigenvalue weighted by atomic mass is 16.2. The molecule has 5 nitrogen and oxygen atoms in total. The van der Waals surface area contributed by atoms with Gasteiger partial charge in [-0.15, -0.1) is 0 Å². The molecule has 2 amide bonds. The Kier molecular flexibility index (Phi) is 4.60. The Hall–Kier alpha value is -2.69. The largest absolute Gasteiger partial charge is 0.350 e. The number of anilines is 1. The molecule has 3 rings (SSSR count). The van der Waals surface area contributed by atoms with Crippen LogP contribution in [0.1, 0.15) is 46.7 Å². The van der Waals surface area contributed by atoms with Gasteiger partial charge in [0.2, 0.25) is 0 Å². The number of fused-ring (bicyclic) bond motifs is 1. The first kappa shape index (κ1) is 16.2. The average Bonchev–Trinajstić information content (AvgIpc) is 3.05. The number of hydrogen-bond acceptors (Lipinski definition) is 3. The van der Waals surface area contributed by atoms with Gasteiger partial charge in [0, 0.05) is 30.0 Å². The molecule has 1 aliphatic heterocycles. The number of carbonyl (C=O) groups excluding carboxylic acids is 2. The van der Waals surface area contributed by atoms with Crippen LogP contribution in [0.3, 0.4) is 0 Å². The molecular formula is C19H21N3O2. The van der Waals surface area contributed by atoms with Gasteiger partial charge in [-0.05, 0) is 43.5 Å². The third-order valence-electron chi connectivity index (χ3n) is 4.36. The number of para-hydroxylation sites is 1. The summed E-state index contributed by atoms with van der Waals surface area (Å²) in [5, 5.41) is 2.91. The normalized spacial score (nSPS) is 14.2. The van der Waals surface area contributed by atoms with E-state index in [2.05, 4.69) is 10.3 Å². The molecule has 1 unspecified atom stereocenters. The zero-order chi connectivity index (χ0) is 17.1. The minimum absolute atomic E-state index is 0.0928. The van der Waals surface area contributed by atoms with Crippen LogP contribution < -0.4 is 10.2 Å². The monoisotopic (exact) mass is 323 g/mol. The van der Waals surface area contributed by atoms with Crippen LogP contribution in [0.25, 0.3) is 0 Å². The second kappa shape index (κ2) is 6.83. The second-order valence-corrected chi connectivity index (χ2v) is 6.05. The summed E-state index contributed by atoms with van der Waals surface area (Å²) in [6.45, 7) is 4.60. The Morgan fingerprint density at radius 1 is 1.29 bits per heavy atom. The maximum absolute atomic E-state index is 12.8. The second-order valence-electron chi connectivity index (χ2n) is 6.05. The van der Waals surface area contributed by atoms with E-state index in [0.29, 0.717) is 17.8 Å². The minimum Gasteiger partial charge on any atom is -0.350 e. The summed E-state index contributed by atoms with van der Waals surface area (Å²) in [6, 6.07) is 11.2. The molecule has 1 atom stereocenters. The van der Waals surface area contributed by atoms with Gasteiger partial charge < -0.3 is 10.2 Å². The summed E-state index contributed by atoms with van der Waals surface area (Å²) in [7, 11) is 0. The molecule has 1 aromatic carbocycles. The number of hydrogen-bond donors (Lipinski definition) is 1. The van der Waals surface area contributed by atoms with E-state index in [9.17, 15) is 9.59 Å². The first-order chi connectivity index (χ1) is 11.6. The molecule has 0 fully saturated rings. The highest BCUT2D eigenvalue weighted by Crippen LogP contribution is 2.28. The van der Waals surface area contributed by atoms with E-state index < -0.39 is 0 Å². The lowest BCUT2D eigenvalue weighted by Crippen LogP contribution is -2.33. The van der Waals surface area contributed by atoms with Crippen molar-refractivity contribution in [3.63, 3.8) is 0 Å². The number of aromatic nitrogens is 1. The maximum Gasteiger partial charge on any atom is 0.276 e. The van der Waals surface area contributed by atoms with Crippen molar-refractivity contribution in [3.05, 3.63) is 59.4 Å². The number of rotatable bonds is 4. The molecule has 0 saturated carbocycles. The molecule has 124 valence electrons. The summed E-state index contributed by atoms with van der Waals surface area (Å²) >= 11 is 0. The first-order valence-electron chi connectivity index (χ1n) is 8.27. The summed E-state index contributed by atoms with van der Waals surface area (Å²) in [6.07, 6.45) is 3.21. The molecule has 24 heavy (non-hydrogen) atoms. The lowest BCUT2D eigenvalue weighted by molar-refractivity contribution is 0.0939. The van der Waals surface area contributed by atoms with Gasteiger partial charge in [-0.3, -0.25) is 14.6 Å². The molecule has 1 aromatic heterocycles.